The smallest absolute Gasteiger partial charge is 0.0655 e. The van der Waals surface area contributed by atoms with Crippen molar-refractivity contribution >= 4 is 0 Å². The fourth-order valence-electron chi connectivity index (χ4n) is 2.88. The highest BCUT2D eigenvalue weighted by Gasteiger charge is 2.40. The van der Waals surface area contributed by atoms with Crippen molar-refractivity contribution in [2.75, 3.05) is 0 Å². The van der Waals surface area contributed by atoms with Gasteiger partial charge in [0.05, 0.1) is 5.60 Å². The van der Waals surface area contributed by atoms with Gasteiger partial charge >= 0.3 is 0 Å². The maximum absolute atomic E-state index is 10.2. The summed E-state index contributed by atoms with van der Waals surface area (Å²) < 4.78 is 0. The average molecular weight is 198 g/mol. The zero-order valence-electron chi connectivity index (χ0n) is 10.1. The molecule has 0 spiro atoms. The van der Waals surface area contributed by atoms with Gasteiger partial charge < -0.3 is 5.11 Å². The number of rotatable bonds is 6. The minimum atomic E-state index is -0.284. The van der Waals surface area contributed by atoms with Gasteiger partial charge in [0.2, 0.25) is 0 Å². The van der Waals surface area contributed by atoms with Crippen LogP contribution in [0.1, 0.15) is 65.7 Å². The van der Waals surface area contributed by atoms with E-state index >= 15 is 0 Å². The maximum atomic E-state index is 10.2. The van der Waals surface area contributed by atoms with Crippen LogP contribution in [0, 0.1) is 11.8 Å². The lowest BCUT2D eigenvalue weighted by atomic mass is 9.67. The van der Waals surface area contributed by atoms with E-state index in [-0.39, 0.29) is 5.60 Å². The van der Waals surface area contributed by atoms with E-state index in [0.29, 0.717) is 0 Å². The summed E-state index contributed by atoms with van der Waals surface area (Å²) in [5.74, 6) is 1.51. The summed E-state index contributed by atoms with van der Waals surface area (Å²) in [6, 6.07) is 0. The highest BCUT2D eigenvalue weighted by molar-refractivity contribution is 4.93. The Labute approximate surface area is 88.9 Å². The first-order chi connectivity index (χ1) is 6.59. The molecule has 1 rings (SSSR count). The molecule has 1 aliphatic rings. The van der Waals surface area contributed by atoms with E-state index in [1.807, 2.05) is 0 Å². The third-order valence-corrected chi connectivity index (χ3v) is 3.67. The molecule has 0 saturated heterocycles. The van der Waals surface area contributed by atoms with E-state index in [2.05, 4.69) is 20.8 Å². The Hall–Kier alpha value is -0.0400. The van der Waals surface area contributed by atoms with Crippen molar-refractivity contribution < 1.29 is 5.11 Å². The Morgan fingerprint density at radius 3 is 2.43 bits per heavy atom. The van der Waals surface area contributed by atoms with E-state index in [0.717, 1.165) is 31.1 Å². The van der Waals surface area contributed by atoms with Gasteiger partial charge in [0.25, 0.3) is 0 Å². The molecule has 0 bridgehead atoms. The first-order valence-electron chi connectivity index (χ1n) is 6.32. The molecule has 0 heterocycles. The Kier molecular flexibility index (Phi) is 4.43. The lowest BCUT2D eigenvalue weighted by Gasteiger charge is -2.44. The molecule has 1 unspecified atom stereocenters. The summed E-state index contributed by atoms with van der Waals surface area (Å²) in [5.41, 5.74) is -0.284. The van der Waals surface area contributed by atoms with Crippen molar-refractivity contribution in [1.29, 1.82) is 0 Å². The second kappa shape index (κ2) is 5.16. The standard InChI is InChI=1S/C13H26O/c1-4-6-7-12(5-2)10-13(14)8-11(3)9-13/h11-12,14H,4-10H2,1-3H3. The molecular weight excluding hydrogens is 172 g/mol. The van der Waals surface area contributed by atoms with Gasteiger partial charge in [0, 0.05) is 0 Å². The third-order valence-electron chi connectivity index (χ3n) is 3.67. The van der Waals surface area contributed by atoms with Crippen LogP contribution in [0.5, 0.6) is 0 Å². The van der Waals surface area contributed by atoms with Crippen LogP contribution in [-0.2, 0) is 0 Å². The van der Waals surface area contributed by atoms with Crippen molar-refractivity contribution in [3.63, 3.8) is 0 Å². The van der Waals surface area contributed by atoms with Crippen molar-refractivity contribution in [3.8, 4) is 0 Å². The molecule has 0 radical (unpaired) electrons. The van der Waals surface area contributed by atoms with Crippen LogP contribution >= 0.6 is 0 Å². The molecule has 1 atom stereocenters. The molecule has 84 valence electrons. The van der Waals surface area contributed by atoms with Crippen LogP contribution in [0.4, 0.5) is 0 Å². The average Bonchev–Trinajstić information content (AvgIpc) is 2.10. The number of aliphatic hydroxyl groups is 1. The quantitative estimate of drug-likeness (QED) is 0.689. The zero-order valence-corrected chi connectivity index (χ0v) is 10.1. The largest absolute Gasteiger partial charge is 0.390 e. The first kappa shape index (κ1) is 12.0. The molecule has 1 fully saturated rings. The molecule has 0 aliphatic heterocycles. The molecule has 0 aromatic rings. The minimum Gasteiger partial charge on any atom is -0.390 e. The SMILES string of the molecule is CCCCC(CC)CC1(O)CC(C)C1. The van der Waals surface area contributed by atoms with E-state index in [1.165, 1.54) is 25.7 Å². The molecule has 1 saturated carbocycles. The van der Waals surface area contributed by atoms with Gasteiger partial charge in [-0.15, -0.1) is 0 Å². The lowest BCUT2D eigenvalue weighted by molar-refractivity contribution is -0.0853. The predicted octanol–water partition coefficient (Wildman–Crippen LogP) is 3.75. The van der Waals surface area contributed by atoms with Crippen molar-refractivity contribution in [1.82, 2.24) is 0 Å². The normalized spacial score (nSPS) is 33.9. The van der Waals surface area contributed by atoms with Crippen LogP contribution in [0.15, 0.2) is 0 Å². The molecule has 0 aromatic heterocycles. The maximum Gasteiger partial charge on any atom is 0.0655 e. The second-order valence-electron chi connectivity index (χ2n) is 5.36. The molecule has 0 aromatic carbocycles. The summed E-state index contributed by atoms with van der Waals surface area (Å²) in [6.07, 6.45) is 8.27. The summed E-state index contributed by atoms with van der Waals surface area (Å²) in [4.78, 5) is 0. The minimum absolute atomic E-state index is 0.284. The number of hydrogen-bond acceptors (Lipinski definition) is 1. The fraction of sp³-hybridized carbons (Fsp3) is 1.00. The molecule has 14 heavy (non-hydrogen) atoms. The van der Waals surface area contributed by atoms with Gasteiger partial charge in [-0.3, -0.25) is 0 Å². The second-order valence-corrected chi connectivity index (χ2v) is 5.36. The van der Waals surface area contributed by atoms with E-state index in [1.54, 1.807) is 0 Å². The van der Waals surface area contributed by atoms with Crippen LogP contribution < -0.4 is 0 Å². The van der Waals surface area contributed by atoms with Gasteiger partial charge in [0.15, 0.2) is 0 Å². The highest BCUT2D eigenvalue weighted by Crippen LogP contribution is 2.42. The molecule has 1 N–H and O–H groups in total. The predicted molar refractivity (Wildman–Crippen MR) is 61.3 cm³/mol. The van der Waals surface area contributed by atoms with Crippen LogP contribution in [0.2, 0.25) is 0 Å². The van der Waals surface area contributed by atoms with Crippen molar-refractivity contribution in [2.45, 2.75) is 71.3 Å². The summed E-state index contributed by atoms with van der Waals surface area (Å²) in [7, 11) is 0. The lowest BCUT2D eigenvalue weighted by Crippen LogP contribution is -2.44. The highest BCUT2D eigenvalue weighted by atomic mass is 16.3. The van der Waals surface area contributed by atoms with Crippen molar-refractivity contribution in [2.24, 2.45) is 11.8 Å². The fourth-order valence-corrected chi connectivity index (χ4v) is 2.88. The molecule has 0 amide bonds. The summed E-state index contributed by atoms with van der Waals surface area (Å²) >= 11 is 0. The topological polar surface area (TPSA) is 20.2 Å². The van der Waals surface area contributed by atoms with Gasteiger partial charge in [-0.1, -0.05) is 46.5 Å². The van der Waals surface area contributed by atoms with Gasteiger partial charge in [-0.2, -0.15) is 0 Å². The number of unbranched alkanes of at least 4 members (excludes halogenated alkanes) is 1. The third kappa shape index (κ3) is 3.27. The van der Waals surface area contributed by atoms with Gasteiger partial charge in [0.1, 0.15) is 0 Å². The first-order valence-corrected chi connectivity index (χ1v) is 6.32. The number of hydrogen-bond donors (Lipinski definition) is 1. The van der Waals surface area contributed by atoms with E-state index < -0.39 is 0 Å². The van der Waals surface area contributed by atoms with E-state index in [4.69, 9.17) is 0 Å². The van der Waals surface area contributed by atoms with Gasteiger partial charge in [-0.05, 0) is 31.1 Å². The Morgan fingerprint density at radius 2 is 2.00 bits per heavy atom. The molecular formula is C13H26O. The summed E-state index contributed by atoms with van der Waals surface area (Å²) in [6.45, 7) is 6.74. The Bertz CT molecular complexity index is 159. The Balaban J connectivity index is 2.25. The monoisotopic (exact) mass is 198 g/mol. The van der Waals surface area contributed by atoms with Crippen LogP contribution in [0.25, 0.3) is 0 Å². The molecule has 1 nitrogen and oxygen atoms in total. The van der Waals surface area contributed by atoms with E-state index in [9.17, 15) is 5.11 Å². The summed E-state index contributed by atoms with van der Waals surface area (Å²) in [5, 5.41) is 10.2. The van der Waals surface area contributed by atoms with Crippen molar-refractivity contribution in [3.05, 3.63) is 0 Å². The Morgan fingerprint density at radius 1 is 1.36 bits per heavy atom. The van der Waals surface area contributed by atoms with Crippen LogP contribution in [0.3, 0.4) is 0 Å². The van der Waals surface area contributed by atoms with Gasteiger partial charge in [-0.25, -0.2) is 0 Å². The zero-order chi connectivity index (χ0) is 10.6. The van der Waals surface area contributed by atoms with Crippen LogP contribution in [-0.4, -0.2) is 10.7 Å². The molecule has 1 aliphatic carbocycles. The molecule has 1 heteroatoms.